The molecule has 0 aliphatic heterocycles. The summed E-state index contributed by atoms with van der Waals surface area (Å²) in [5.74, 6) is 1.57. The van der Waals surface area contributed by atoms with E-state index in [0.717, 1.165) is 25.3 Å². The lowest BCUT2D eigenvalue weighted by atomic mass is 10.4. The minimum absolute atomic E-state index is 0.715. The number of nitrogens with one attached hydrogen (secondary N) is 1. The fourth-order valence-corrected chi connectivity index (χ4v) is 1.55. The molecule has 0 saturated carbocycles. The van der Waals surface area contributed by atoms with Gasteiger partial charge in [-0.2, -0.15) is 10.1 Å². The molecule has 0 atom stereocenters. The Morgan fingerprint density at radius 2 is 2.22 bits per heavy atom. The monoisotopic (exact) mass is 246 g/mol. The Balaban J connectivity index is 1.78. The van der Waals surface area contributed by atoms with Crippen LogP contribution in [0.5, 0.6) is 0 Å². The molecule has 1 N–H and O–H groups in total. The molecular formula is C12H18N6. The first-order valence-corrected chi connectivity index (χ1v) is 5.97. The molecule has 0 fully saturated rings. The van der Waals surface area contributed by atoms with Crippen molar-refractivity contribution in [1.82, 2.24) is 19.7 Å². The molecule has 6 heteroatoms. The van der Waals surface area contributed by atoms with Crippen LogP contribution in [0.3, 0.4) is 0 Å². The van der Waals surface area contributed by atoms with E-state index in [-0.39, 0.29) is 0 Å². The average Bonchev–Trinajstić information content (AvgIpc) is 2.88. The predicted octanol–water partition coefficient (Wildman–Crippen LogP) is 1.24. The van der Waals surface area contributed by atoms with Crippen molar-refractivity contribution in [3.8, 4) is 0 Å². The highest BCUT2D eigenvalue weighted by atomic mass is 15.3. The molecule has 0 unspecified atom stereocenters. The number of nitrogens with zero attached hydrogens (tertiary/aromatic N) is 5. The van der Waals surface area contributed by atoms with Crippen LogP contribution in [0.2, 0.25) is 0 Å². The van der Waals surface area contributed by atoms with Gasteiger partial charge in [-0.25, -0.2) is 4.98 Å². The third kappa shape index (κ3) is 3.44. The van der Waals surface area contributed by atoms with Gasteiger partial charge in [0.25, 0.3) is 0 Å². The fourth-order valence-electron chi connectivity index (χ4n) is 1.55. The number of anilines is 2. The predicted molar refractivity (Wildman–Crippen MR) is 71.7 cm³/mol. The van der Waals surface area contributed by atoms with Crippen LogP contribution in [0.15, 0.2) is 30.7 Å². The maximum atomic E-state index is 4.39. The van der Waals surface area contributed by atoms with Crippen LogP contribution in [-0.4, -0.2) is 40.4 Å². The molecule has 0 spiro atoms. The van der Waals surface area contributed by atoms with Gasteiger partial charge in [-0.05, 0) is 18.6 Å². The van der Waals surface area contributed by atoms with Crippen LogP contribution in [0.1, 0.15) is 6.42 Å². The first-order chi connectivity index (χ1) is 8.75. The second-order valence-corrected chi connectivity index (χ2v) is 4.19. The zero-order valence-corrected chi connectivity index (χ0v) is 10.7. The first kappa shape index (κ1) is 12.3. The summed E-state index contributed by atoms with van der Waals surface area (Å²) in [7, 11) is 3.85. The Labute approximate surface area is 107 Å². The molecule has 0 aromatic carbocycles. The third-order valence-corrected chi connectivity index (χ3v) is 2.47. The zero-order chi connectivity index (χ0) is 12.8. The van der Waals surface area contributed by atoms with Crippen molar-refractivity contribution in [2.24, 2.45) is 0 Å². The van der Waals surface area contributed by atoms with E-state index in [4.69, 9.17) is 0 Å². The van der Waals surface area contributed by atoms with Gasteiger partial charge in [-0.15, -0.1) is 0 Å². The molecule has 0 aliphatic carbocycles. The summed E-state index contributed by atoms with van der Waals surface area (Å²) >= 11 is 0. The van der Waals surface area contributed by atoms with E-state index in [1.54, 1.807) is 12.4 Å². The van der Waals surface area contributed by atoms with Gasteiger partial charge in [0.1, 0.15) is 5.82 Å². The summed E-state index contributed by atoms with van der Waals surface area (Å²) in [5, 5.41) is 7.44. The molecule has 0 aliphatic rings. The molecular weight excluding hydrogens is 228 g/mol. The maximum absolute atomic E-state index is 4.39. The first-order valence-electron chi connectivity index (χ1n) is 5.97. The number of aromatic nitrogens is 4. The normalized spacial score (nSPS) is 10.3. The van der Waals surface area contributed by atoms with E-state index in [2.05, 4.69) is 20.4 Å². The van der Waals surface area contributed by atoms with Crippen molar-refractivity contribution in [2.45, 2.75) is 13.0 Å². The molecule has 96 valence electrons. The number of hydrogen-bond donors (Lipinski definition) is 1. The summed E-state index contributed by atoms with van der Waals surface area (Å²) in [6, 6.07) is 3.81. The van der Waals surface area contributed by atoms with Gasteiger partial charge in [0.05, 0.1) is 0 Å². The van der Waals surface area contributed by atoms with E-state index in [9.17, 15) is 0 Å². The molecule has 6 nitrogen and oxygen atoms in total. The lowest BCUT2D eigenvalue weighted by Gasteiger charge is -2.11. The van der Waals surface area contributed by atoms with Gasteiger partial charge in [-0.1, -0.05) is 0 Å². The van der Waals surface area contributed by atoms with Gasteiger partial charge in [0.2, 0.25) is 5.95 Å². The largest absolute Gasteiger partial charge is 0.370 e. The standard InChI is InChI=1S/C12H18N6/c1-17(2)12-14-8-5-11(16-12)13-6-3-9-18-10-4-7-15-18/h4-5,7-8,10H,3,6,9H2,1-2H3,(H,13,14,16). The Hall–Kier alpha value is -2.11. The van der Waals surface area contributed by atoms with Crippen LogP contribution < -0.4 is 10.2 Å². The number of hydrogen-bond acceptors (Lipinski definition) is 5. The Morgan fingerprint density at radius 3 is 2.94 bits per heavy atom. The van der Waals surface area contributed by atoms with Crippen molar-refractivity contribution < 1.29 is 0 Å². The molecule has 2 heterocycles. The Kier molecular flexibility index (Phi) is 4.11. The topological polar surface area (TPSA) is 58.9 Å². The van der Waals surface area contributed by atoms with Gasteiger partial charge in [0.15, 0.2) is 0 Å². The quantitative estimate of drug-likeness (QED) is 0.777. The molecule has 0 amide bonds. The summed E-state index contributed by atoms with van der Waals surface area (Å²) in [6.07, 6.45) is 6.52. The van der Waals surface area contributed by atoms with Crippen molar-refractivity contribution in [3.05, 3.63) is 30.7 Å². The van der Waals surface area contributed by atoms with Crippen molar-refractivity contribution in [3.63, 3.8) is 0 Å². The molecule has 2 rings (SSSR count). The Bertz CT molecular complexity index is 465. The number of aryl methyl sites for hydroxylation is 1. The second kappa shape index (κ2) is 6.00. The molecule has 0 radical (unpaired) electrons. The number of rotatable bonds is 6. The molecule has 2 aromatic rings. The average molecular weight is 246 g/mol. The summed E-state index contributed by atoms with van der Waals surface area (Å²) < 4.78 is 1.92. The Morgan fingerprint density at radius 1 is 1.33 bits per heavy atom. The molecule has 2 aromatic heterocycles. The van der Waals surface area contributed by atoms with Gasteiger partial charge in [0, 0.05) is 45.8 Å². The van der Waals surface area contributed by atoms with E-state index in [1.165, 1.54) is 0 Å². The van der Waals surface area contributed by atoms with Gasteiger partial charge >= 0.3 is 0 Å². The smallest absolute Gasteiger partial charge is 0.226 e. The summed E-state index contributed by atoms with van der Waals surface area (Å²) in [6.45, 7) is 1.77. The van der Waals surface area contributed by atoms with E-state index in [1.807, 2.05) is 42.0 Å². The van der Waals surface area contributed by atoms with Crippen LogP contribution in [0.25, 0.3) is 0 Å². The van der Waals surface area contributed by atoms with E-state index < -0.39 is 0 Å². The highest BCUT2D eigenvalue weighted by Crippen LogP contribution is 2.07. The van der Waals surface area contributed by atoms with E-state index >= 15 is 0 Å². The minimum Gasteiger partial charge on any atom is -0.370 e. The van der Waals surface area contributed by atoms with Crippen LogP contribution in [-0.2, 0) is 6.54 Å². The van der Waals surface area contributed by atoms with Crippen molar-refractivity contribution in [2.75, 3.05) is 30.9 Å². The van der Waals surface area contributed by atoms with Crippen LogP contribution in [0.4, 0.5) is 11.8 Å². The lowest BCUT2D eigenvalue weighted by Crippen LogP contribution is -2.14. The zero-order valence-electron chi connectivity index (χ0n) is 10.7. The third-order valence-electron chi connectivity index (χ3n) is 2.47. The highest BCUT2D eigenvalue weighted by molar-refractivity contribution is 5.40. The van der Waals surface area contributed by atoms with E-state index in [0.29, 0.717) is 5.95 Å². The van der Waals surface area contributed by atoms with Crippen LogP contribution >= 0.6 is 0 Å². The molecule has 0 saturated heterocycles. The SMILES string of the molecule is CN(C)c1nccc(NCCCn2cccn2)n1. The summed E-state index contributed by atoms with van der Waals surface area (Å²) in [4.78, 5) is 10.4. The lowest BCUT2D eigenvalue weighted by molar-refractivity contribution is 0.591. The minimum atomic E-state index is 0.715. The fraction of sp³-hybridized carbons (Fsp3) is 0.417. The second-order valence-electron chi connectivity index (χ2n) is 4.19. The molecule has 0 bridgehead atoms. The van der Waals surface area contributed by atoms with Gasteiger partial charge in [-0.3, -0.25) is 4.68 Å². The molecule has 18 heavy (non-hydrogen) atoms. The summed E-state index contributed by atoms with van der Waals surface area (Å²) in [5.41, 5.74) is 0. The van der Waals surface area contributed by atoms with Crippen molar-refractivity contribution >= 4 is 11.8 Å². The maximum Gasteiger partial charge on any atom is 0.226 e. The van der Waals surface area contributed by atoms with Crippen molar-refractivity contribution in [1.29, 1.82) is 0 Å². The highest BCUT2D eigenvalue weighted by Gasteiger charge is 2.00. The van der Waals surface area contributed by atoms with Crippen LogP contribution in [0, 0.1) is 0 Å². The van der Waals surface area contributed by atoms with Gasteiger partial charge < -0.3 is 10.2 Å².